The molecule has 24 heavy (non-hydrogen) atoms. The first-order valence-electron chi connectivity index (χ1n) is 10.0. The SMILES string of the molecule is C[C@H](CN)[C@H]1CC[C@H]2[C@@H]3CCC4=CC(=O)C=C[C@]4(C)[C@H]3CC[C@]12C. The van der Waals surface area contributed by atoms with Gasteiger partial charge in [0.15, 0.2) is 5.78 Å². The quantitative estimate of drug-likeness (QED) is 0.811. The van der Waals surface area contributed by atoms with Crippen molar-refractivity contribution >= 4 is 5.78 Å². The third-order valence-corrected chi connectivity index (χ3v) is 8.69. The van der Waals surface area contributed by atoms with Crippen molar-refractivity contribution in [3.8, 4) is 0 Å². The van der Waals surface area contributed by atoms with Gasteiger partial charge in [-0.25, -0.2) is 0 Å². The number of rotatable bonds is 2. The van der Waals surface area contributed by atoms with Gasteiger partial charge in [-0.3, -0.25) is 4.79 Å². The molecule has 0 amide bonds. The molecule has 3 saturated carbocycles. The van der Waals surface area contributed by atoms with E-state index in [2.05, 4.69) is 26.8 Å². The fourth-order valence-electron chi connectivity index (χ4n) is 7.34. The van der Waals surface area contributed by atoms with Crippen molar-refractivity contribution in [2.24, 2.45) is 46.2 Å². The number of ketones is 1. The van der Waals surface area contributed by atoms with E-state index in [1.54, 1.807) is 0 Å². The van der Waals surface area contributed by atoms with E-state index in [9.17, 15) is 4.79 Å². The van der Waals surface area contributed by atoms with Gasteiger partial charge < -0.3 is 5.73 Å². The molecule has 0 bridgehead atoms. The molecule has 0 saturated heterocycles. The van der Waals surface area contributed by atoms with E-state index in [0.717, 1.165) is 36.6 Å². The van der Waals surface area contributed by atoms with E-state index in [1.807, 2.05) is 12.2 Å². The zero-order valence-corrected chi connectivity index (χ0v) is 15.6. The van der Waals surface area contributed by atoms with Gasteiger partial charge in [0, 0.05) is 5.41 Å². The molecule has 0 heterocycles. The Morgan fingerprint density at radius 3 is 2.75 bits per heavy atom. The number of carbonyl (C=O) groups excluding carboxylic acids is 1. The molecule has 0 unspecified atom stereocenters. The van der Waals surface area contributed by atoms with Gasteiger partial charge in [0.05, 0.1) is 0 Å². The summed E-state index contributed by atoms with van der Waals surface area (Å²) in [5, 5.41) is 0. The maximum atomic E-state index is 11.8. The summed E-state index contributed by atoms with van der Waals surface area (Å²) >= 11 is 0. The minimum absolute atomic E-state index is 0.135. The Kier molecular flexibility index (Phi) is 3.84. The first-order chi connectivity index (χ1) is 11.4. The molecule has 2 N–H and O–H groups in total. The van der Waals surface area contributed by atoms with E-state index in [1.165, 1.54) is 37.7 Å². The van der Waals surface area contributed by atoms with Gasteiger partial charge in [-0.2, -0.15) is 0 Å². The van der Waals surface area contributed by atoms with Crippen LogP contribution in [0.4, 0.5) is 0 Å². The van der Waals surface area contributed by atoms with Crippen LogP contribution >= 0.6 is 0 Å². The predicted octanol–water partition coefficient (Wildman–Crippen LogP) is 4.51. The number of carbonyl (C=O) groups is 1. The molecule has 4 aliphatic rings. The van der Waals surface area contributed by atoms with Gasteiger partial charge in [-0.15, -0.1) is 0 Å². The van der Waals surface area contributed by atoms with Crippen molar-refractivity contribution in [2.75, 3.05) is 6.54 Å². The van der Waals surface area contributed by atoms with Crippen LogP contribution < -0.4 is 5.73 Å². The molecule has 132 valence electrons. The van der Waals surface area contributed by atoms with Crippen LogP contribution in [0.25, 0.3) is 0 Å². The van der Waals surface area contributed by atoms with E-state index in [0.29, 0.717) is 11.3 Å². The van der Waals surface area contributed by atoms with Crippen LogP contribution in [0.5, 0.6) is 0 Å². The van der Waals surface area contributed by atoms with Crippen LogP contribution in [0.15, 0.2) is 23.8 Å². The average Bonchev–Trinajstić information content (AvgIpc) is 2.92. The summed E-state index contributed by atoms with van der Waals surface area (Å²) in [6.07, 6.45) is 13.9. The molecule has 0 radical (unpaired) electrons. The van der Waals surface area contributed by atoms with Crippen molar-refractivity contribution in [1.82, 2.24) is 0 Å². The highest BCUT2D eigenvalue weighted by atomic mass is 16.1. The van der Waals surface area contributed by atoms with Crippen LogP contribution in [-0.2, 0) is 4.79 Å². The molecule has 0 aliphatic heterocycles. The highest BCUT2D eigenvalue weighted by Gasteiger charge is 2.58. The second kappa shape index (κ2) is 5.56. The van der Waals surface area contributed by atoms with Gasteiger partial charge in [0.2, 0.25) is 0 Å². The molecule has 0 spiro atoms. The van der Waals surface area contributed by atoms with E-state index >= 15 is 0 Å². The molecule has 0 aromatic rings. The summed E-state index contributed by atoms with van der Waals surface area (Å²) in [5.41, 5.74) is 8.07. The van der Waals surface area contributed by atoms with Crippen molar-refractivity contribution < 1.29 is 4.79 Å². The summed E-state index contributed by atoms with van der Waals surface area (Å²) < 4.78 is 0. The molecule has 2 heteroatoms. The lowest BCUT2D eigenvalue weighted by atomic mass is 9.47. The van der Waals surface area contributed by atoms with E-state index in [4.69, 9.17) is 5.73 Å². The van der Waals surface area contributed by atoms with E-state index in [-0.39, 0.29) is 11.2 Å². The average molecular weight is 328 g/mol. The molecule has 4 aliphatic carbocycles. The maximum absolute atomic E-state index is 11.8. The third-order valence-electron chi connectivity index (χ3n) is 8.69. The highest BCUT2D eigenvalue weighted by Crippen LogP contribution is 2.66. The minimum Gasteiger partial charge on any atom is -0.330 e. The van der Waals surface area contributed by atoms with Gasteiger partial charge in [0.1, 0.15) is 0 Å². The van der Waals surface area contributed by atoms with Gasteiger partial charge in [0.25, 0.3) is 0 Å². The number of hydrogen-bond donors (Lipinski definition) is 1. The van der Waals surface area contributed by atoms with Crippen LogP contribution in [0.3, 0.4) is 0 Å². The lowest BCUT2D eigenvalue weighted by Crippen LogP contribution is -2.50. The van der Waals surface area contributed by atoms with Crippen molar-refractivity contribution in [1.29, 1.82) is 0 Å². The first kappa shape index (κ1) is 16.6. The van der Waals surface area contributed by atoms with Crippen LogP contribution in [0.2, 0.25) is 0 Å². The second-order valence-electron chi connectivity index (χ2n) is 9.54. The summed E-state index contributed by atoms with van der Waals surface area (Å²) in [6, 6.07) is 0. The zero-order chi connectivity index (χ0) is 17.1. The summed E-state index contributed by atoms with van der Waals surface area (Å²) in [6.45, 7) is 8.17. The summed E-state index contributed by atoms with van der Waals surface area (Å²) in [4.78, 5) is 11.8. The van der Waals surface area contributed by atoms with Crippen molar-refractivity contribution in [3.05, 3.63) is 23.8 Å². The Morgan fingerprint density at radius 2 is 2.00 bits per heavy atom. The van der Waals surface area contributed by atoms with Gasteiger partial charge in [-0.05, 0) is 92.2 Å². The molecule has 0 aromatic heterocycles. The third kappa shape index (κ3) is 2.14. The normalized spacial score (nSPS) is 48.3. The Labute approximate surface area is 147 Å². The summed E-state index contributed by atoms with van der Waals surface area (Å²) in [5.74, 6) is 4.07. The van der Waals surface area contributed by atoms with Crippen molar-refractivity contribution in [2.45, 2.75) is 59.3 Å². The standard InChI is InChI=1S/C22H33NO/c1-14(13-23)18-6-7-19-17-5-4-15-12-16(24)8-10-21(15,2)20(17)9-11-22(18,19)3/h8,10,12,14,17-20H,4-7,9,11,13,23H2,1-3H3/t14-,17+,18-,19+,20+,21+,22-/m1/s1. The Hall–Kier alpha value is -0.890. The van der Waals surface area contributed by atoms with Crippen molar-refractivity contribution in [3.63, 3.8) is 0 Å². The lowest BCUT2D eigenvalue weighted by Gasteiger charge is -2.57. The number of allylic oxidation sites excluding steroid dienone is 4. The fourth-order valence-corrected chi connectivity index (χ4v) is 7.34. The van der Waals surface area contributed by atoms with E-state index < -0.39 is 0 Å². The molecule has 0 aromatic carbocycles. The molecular formula is C22H33NO. The monoisotopic (exact) mass is 327 g/mol. The minimum atomic E-state index is 0.135. The van der Waals surface area contributed by atoms with Crippen LogP contribution in [-0.4, -0.2) is 12.3 Å². The van der Waals surface area contributed by atoms with Gasteiger partial charge >= 0.3 is 0 Å². The largest absolute Gasteiger partial charge is 0.330 e. The Morgan fingerprint density at radius 1 is 1.21 bits per heavy atom. The first-order valence-corrected chi connectivity index (χ1v) is 10.0. The Bertz CT molecular complexity index is 605. The molecule has 7 atom stereocenters. The smallest absolute Gasteiger partial charge is 0.178 e. The highest BCUT2D eigenvalue weighted by molar-refractivity contribution is 6.01. The van der Waals surface area contributed by atoms with Crippen LogP contribution in [0, 0.1) is 40.4 Å². The fraction of sp³-hybridized carbons (Fsp3) is 0.773. The maximum Gasteiger partial charge on any atom is 0.178 e. The van der Waals surface area contributed by atoms with Gasteiger partial charge in [-0.1, -0.05) is 32.4 Å². The van der Waals surface area contributed by atoms with Crippen LogP contribution in [0.1, 0.15) is 59.3 Å². The zero-order valence-electron chi connectivity index (χ0n) is 15.6. The number of nitrogens with two attached hydrogens (primary N) is 1. The Balaban J connectivity index is 1.65. The predicted molar refractivity (Wildman–Crippen MR) is 98.3 cm³/mol. The molecule has 3 fully saturated rings. The topological polar surface area (TPSA) is 43.1 Å². The summed E-state index contributed by atoms with van der Waals surface area (Å²) in [7, 11) is 0. The second-order valence-corrected chi connectivity index (χ2v) is 9.54. The molecule has 2 nitrogen and oxygen atoms in total. The number of fused-ring (bicyclic) bond motifs is 5. The lowest BCUT2D eigenvalue weighted by molar-refractivity contribution is -0.111. The number of hydrogen-bond acceptors (Lipinski definition) is 2. The molecule has 4 rings (SSSR count). The molecular weight excluding hydrogens is 294 g/mol.